The summed E-state index contributed by atoms with van der Waals surface area (Å²) >= 11 is 3.25. The molecule has 0 unspecified atom stereocenters. The molecule has 0 bridgehead atoms. The third kappa shape index (κ3) is 3.38. The van der Waals surface area contributed by atoms with Crippen molar-refractivity contribution in [3.05, 3.63) is 5.56 Å². The number of rotatable bonds is 3. The first kappa shape index (κ1) is 15.4. The molecule has 1 aromatic rings. The van der Waals surface area contributed by atoms with Gasteiger partial charge in [-0.2, -0.15) is 16.1 Å². The van der Waals surface area contributed by atoms with Crippen LogP contribution in [0.15, 0.2) is 0 Å². The first-order valence-electron chi connectivity index (χ1n) is 6.76. The fourth-order valence-corrected chi connectivity index (χ4v) is 4.08. The van der Waals surface area contributed by atoms with Gasteiger partial charge in [-0.3, -0.25) is 0 Å². The highest BCUT2D eigenvalue weighted by atomic mass is 32.2. The van der Waals surface area contributed by atoms with Crippen molar-refractivity contribution in [2.75, 3.05) is 36.1 Å². The van der Waals surface area contributed by atoms with E-state index >= 15 is 0 Å². The van der Waals surface area contributed by atoms with Crippen LogP contribution >= 0.6 is 23.3 Å². The molecule has 1 fully saturated rings. The van der Waals surface area contributed by atoms with E-state index in [9.17, 15) is 4.79 Å². The van der Waals surface area contributed by atoms with Gasteiger partial charge >= 0.3 is 5.97 Å². The Morgan fingerprint density at radius 1 is 1.50 bits per heavy atom. The first-order chi connectivity index (χ1) is 9.44. The molecule has 1 aliphatic rings. The summed E-state index contributed by atoms with van der Waals surface area (Å²) in [5.41, 5.74) is 6.27. The van der Waals surface area contributed by atoms with Crippen LogP contribution in [0, 0.1) is 0 Å². The number of nitrogen functional groups attached to an aromatic ring is 1. The van der Waals surface area contributed by atoms with Crippen molar-refractivity contribution < 1.29 is 9.53 Å². The van der Waals surface area contributed by atoms with Crippen LogP contribution in [-0.2, 0) is 4.74 Å². The highest BCUT2D eigenvalue weighted by Gasteiger charge is 2.29. The van der Waals surface area contributed by atoms with E-state index in [1.54, 1.807) is 6.92 Å². The number of hydrogen-bond acceptors (Lipinski definition) is 7. The Kier molecular flexibility index (Phi) is 4.80. The van der Waals surface area contributed by atoms with E-state index in [2.05, 4.69) is 23.1 Å². The molecule has 0 radical (unpaired) electrons. The molecule has 2 N–H and O–H groups in total. The van der Waals surface area contributed by atoms with Gasteiger partial charge in [-0.25, -0.2) is 4.79 Å². The maximum absolute atomic E-state index is 12.0. The van der Waals surface area contributed by atoms with Crippen molar-refractivity contribution in [2.24, 2.45) is 0 Å². The van der Waals surface area contributed by atoms with Crippen LogP contribution < -0.4 is 10.6 Å². The number of nitrogens with zero attached hydrogens (tertiary/aromatic N) is 2. The predicted molar refractivity (Wildman–Crippen MR) is 85.8 cm³/mol. The highest BCUT2D eigenvalue weighted by Crippen LogP contribution is 2.36. The third-order valence-electron chi connectivity index (χ3n) is 3.31. The average molecular weight is 315 g/mol. The lowest BCUT2D eigenvalue weighted by Gasteiger charge is -2.23. The zero-order valence-electron chi connectivity index (χ0n) is 12.1. The Bertz CT molecular complexity index is 488. The van der Waals surface area contributed by atoms with Gasteiger partial charge in [-0.15, -0.1) is 0 Å². The fraction of sp³-hybridized carbons (Fsp3) is 0.692. The molecule has 1 aromatic heterocycles. The summed E-state index contributed by atoms with van der Waals surface area (Å²) in [4.78, 5) is 14.2. The summed E-state index contributed by atoms with van der Waals surface area (Å²) in [7, 11) is 0. The minimum Gasteiger partial charge on any atom is -0.462 e. The Hall–Kier alpha value is -0.950. The molecule has 0 saturated carbocycles. The van der Waals surface area contributed by atoms with Gasteiger partial charge in [-0.1, -0.05) is 13.8 Å². The van der Waals surface area contributed by atoms with Crippen LogP contribution in [0.5, 0.6) is 0 Å². The van der Waals surface area contributed by atoms with E-state index in [1.165, 1.54) is 11.5 Å². The number of carbonyl (C=O) groups is 1. The van der Waals surface area contributed by atoms with E-state index in [0.717, 1.165) is 30.3 Å². The van der Waals surface area contributed by atoms with Gasteiger partial charge in [0.15, 0.2) is 5.82 Å². The molecule has 2 rings (SSSR count). The lowest BCUT2D eigenvalue weighted by Crippen LogP contribution is -2.27. The monoisotopic (exact) mass is 315 g/mol. The van der Waals surface area contributed by atoms with Gasteiger partial charge < -0.3 is 15.4 Å². The lowest BCUT2D eigenvalue weighted by molar-refractivity contribution is 0.0528. The molecule has 5 nitrogen and oxygen atoms in total. The largest absolute Gasteiger partial charge is 0.462 e. The summed E-state index contributed by atoms with van der Waals surface area (Å²) in [6.45, 7) is 8.47. The van der Waals surface area contributed by atoms with Crippen LogP contribution in [0.1, 0.15) is 37.6 Å². The van der Waals surface area contributed by atoms with Crippen molar-refractivity contribution in [1.29, 1.82) is 0 Å². The van der Waals surface area contributed by atoms with Crippen LogP contribution in [0.2, 0.25) is 0 Å². The molecule has 0 aliphatic carbocycles. The molecule has 1 aliphatic heterocycles. The second-order valence-electron chi connectivity index (χ2n) is 5.31. The lowest BCUT2D eigenvalue weighted by atomic mass is 10.1. The van der Waals surface area contributed by atoms with E-state index in [4.69, 9.17) is 10.5 Å². The number of ether oxygens (including phenoxy) is 1. The van der Waals surface area contributed by atoms with E-state index in [0.29, 0.717) is 12.2 Å². The maximum Gasteiger partial charge on any atom is 0.345 e. The highest BCUT2D eigenvalue weighted by molar-refractivity contribution is 8.00. The molecule has 7 heteroatoms. The minimum atomic E-state index is -0.370. The van der Waals surface area contributed by atoms with Crippen LogP contribution in [0.4, 0.5) is 10.8 Å². The number of aromatic nitrogens is 1. The molecule has 1 saturated heterocycles. The quantitative estimate of drug-likeness (QED) is 0.865. The molecule has 0 spiro atoms. The van der Waals surface area contributed by atoms with Crippen LogP contribution in [0.25, 0.3) is 0 Å². The predicted octanol–water partition coefficient (Wildman–Crippen LogP) is 2.62. The molecule has 2 heterocycles. The number of thioether (sulfide) groups is 1. The number of nitrogens with two attached hydrogens (primary N) is 1. The Balaban J connectivity index is 2.22. The van der Waals surface area contributed by atoms with Gasteiger partial charge in [-0.05, 0) is 24.9 Å². The van der Waals surface area contributed by atoms with Crippen molar-refractivity contribution >= 4 is 40.1 Å². The minimum absolute atomic E-state index is 0.273. The zero-order valence-corrected chi connectivity index (χ0v) is 13.8. The zero-order chi connectivity index (χ0) is 14.8. The van der Waals surface area contributed by atoms with Crippen molar-refractivity contribution in [1.82, 2.24) is 4.37 Å². The SMILES string of the molecule is CCOC(=O)c1c(N)nsc1N1CCSC(C)(C)CC1. The molecule has 0 amide bonds. The van der Waals surface area contributed by atoms with Crippen molar-refractivity contribution in [3.63, 3.8) is 0 Å². The van der Waals surface area contributed by atoms with E-state index in [1.807, 2.05) is 11.8 Å². The molecular formula is C13H21N3O2S2. The summed E-state index contributed by atoms with van der Waals surface area (Å²) in [5, 5.41) is 0.847. The van der Waals surface area contributed by atoms with E-state index < -0.39 is 0 Å². The fourth-order valence-electron chi connectivity index (χ4n) is 2.13. The van der Waals surface area contributed by atoms with Gasteiger partial charge in [0.2, 0.25) is 0 Å². The summed E-state index contributed by atoms with van der Waals surface area (Å²) < 4.78 is 9.49. The maximum atomic E-state index is 12.0. The van der Waals surface area contributed by atoms with Gasteiger partial charge in [0.25, 0.3) is 0 Å². The summed E-state index contributed by atoms with van der Waals surface area (Å²) in [6, 6.07) is 0. The van der Waals surface area contributed by atoms with Crippen molar-refractivity contribution in [3.8, 4) is 0 Å². The molecule has 0 atom stereocenters. The summed E-state index contributed by atoms with van der Waals surface area (Å²) in [5.74, 6) is 0.942. The Labute approximate surface area is 128 Å². The Morgan fingerprint density at radius 2 is 2.25 bits per heavy atom. The number of carbonyl (C=O) groups excluding carboxylic acids is 1. The molecular weight excluding hydrogens is 294 g/mol. The molecule has 112 valence electrons. The van der Waals surface area contributed by atoms with Crippen LogP contribution in [0.3, 0.4) is 0 Å². The summed E-state index contributed by atoms with van der Waals surface area (Å²) in [6.07, 6.45) is 1.07. The number of esters is 1. The second-order valence-corrected chi connectivity index (χ2v) is 7.87. The van der Waals surface area contributed by atoms with Gasteiger partial charge in [0.1, 0.15) is 10.6 Å². The number of anilines is 2. The average Bonchev–Trinajstić information content (AvgIpc) is 2.66. The van der Waals surface area contributed by atoms with Crippen LogP contribution in [-0.4, -0.2) is 40.5 Å². The van der Waals surface area contributed by atoms with E-state index in [-0.39, 0.29) is 16.5 Å². The van der Waals surface area contributed by atoms with Gasteiger partial charge in [0.05, 0.1) is 6.61 Å². The smallest absolute Gasteiger partial charge is 0.345 e. The second kappa shape index (κ2) is 6.22. The normalized spacial score (nSPS) is 18.6. The third-order valence-corrected chi connectivity index (χ3v) is 5.60. The van der Waals surface area contributed by atoms with Crippen molar-refractivity contribution in [2.45, 2.75) is 31.9 Å². The Morgan fingerprint density at radius 3 is 2.95 bits per heavy atom. The van der Waals surface area contributed by atoms with Gasteiger partial charge in [0, 0.05) is 23.6 Å². The standard InChI is InChI=1S/C13H21N3O2S2/c1-4-18-12(17)9-10(14)15-20-11(9)16-6-5-13(2,3)19-8-7-16/h4-8H2,1-3H3,(H2,14,15). The topological polar surface area (TPSA) is 68.5 Å². The number of hydrogen-bond donors (Lipinski definition) is 1. The first-order valence-corrected chi connectivity index (χ1v) is 8.51. The molecule has 0 aromatic carbocycles. The molecule has 20 heavy (non-hydrogen) atoms.